The Balaban J connectivity index is 2.91. The highest BCUT2D eigenvalue weighted by atomic mass is 16.5. The zero-order chi connectivity index (χ0) is 15.6. The van der Waals surface area contributed by atoms with Crippen molar-refractivity contribution in [1.82, 2.24) is 4.73 Å². The summed E-state index contributed by atoms with van der Waals surface area (Å²) in [4.78, 5) is 16.0. The molecule has 2 rings (SSSR count). The monoisotopic (exact) mass is 285 g/mol. The molecule has 21 heavy (non-hydrogen) atoms. The molecular formula is C16H19N3O2. The molecule has 1 heterocycles. The van der Waals surface area contributed by atoms with Gasteiger partial charge in [0.25, 0.3) is 5.91 Å². The Morgan fingerprint density at radius 1 is 1.29 bits per heavy atom. The second-order valence-corrected chi connectivity index (χ2v) is 5.11. The minimum Gasteiger partial charge on any atom is -0.428 e. The first-order chi connectivity index (χ1) is 9.97. The lowest BCUT2D eigenvalue weighted by atomic mass is 9.95. The minimum absolute atomic E-state index is 0.00624. The number of rotatable bonds is 3. The van der Waals surface area contributed by atoms with E-state index in [1.807, 2.05) is 44.2 Å². The molecule has 0 aliphatic carbocycles. The van der Waals surface area contributed by atoms with Gasteiger partial charge in [0.15, 0.2) is 0 Å². The summed E-state index contributed by atoms with van der Waals surface area (Å²) in [6.07, 6.45) is 1.48. The standard InChI is InChI=1S/C16H19N3O2/c1-10(2)13-14(18-3)12(11-7-5-4-6-8-11)9-19(21)15(13)16(17)20/h4-10,21H,1-3H3,(H2,17,20). The second-order valence-electron chi connectivity index (χ2n) is 5.11. The first kappa shape index (κ1) is 14.8. The maximum absolute atomic E-state index is 11.7. The van der Waals surface area contributed by atoms with Crippen LogP contribution in [0.25, 0.3) is 11.1 Å². The van der Waals surface area contributed by atoms with Gasteiger partial charge in [-0.05, 0) is 11.5 Å². The van der Waals surface area contributed by atoms with Crippen molar-refractivity contribution in [3.05, 3.63) is 53.1 Å². The summed E-state index contributed by atoms with van der Waals surface area (Å²) in [5.74, 6) is -0.682. The normalized spacial score (nSPS) is 11.9. The Labute approximate surface area is 123 Å². The van der Waals surface area contributed by atoms with Gasteiger partial charge in [0.1, 0.15) is 5.69 Å². The molecule has 3 N–H and O–H groups in total. The molecule has 0 aliphatic heterocycles. The fraction of sp³-hybridized carbons (Fsp3) is 0.250. The summed E-state index contributed by atoms with van der Waals surface area (Å²) < 4.78 is 0.800. The molecule has 5 nitrogen and oxygen atoms in total. The number of hydrogen-bond acceptors (Lipinski definition) is 3. The van der Waals surface area contributed by atoms with Gasteiger partial charge >= 0.3 is 0 Å². The molecule has 110 valence electrons. The number of benzene rings is 1. The molecule has 0 fully saturated rings. The lowest BCUT2D eigenvalue weighted by molar-refractivity contribution is 0.0942. The summed E-state index contributed by atoms with van der Waals surface area (Å²) >= 11 is 0. The molecule has 5 heteroatoms. The molecule has 1 aromatic carbocycles. The average Bonchev–Trinajstić information content (AvgIpc) is 2.46. The van der Waals surface area contributed by atoms with Crippen LogP contribution < -0.4 is 11.1 Å². The van der Waals surface area contributed by atoms with Crippen LogP contribution in [0.3, 0.4) is 0 Å². The molecule has 0 unspecified atom stereocenters. The largest absolute Gasteiger partial charge is 0.428 e. The van der Waals surface area contributed by atoms with Crippen LogP contribution in [-0.4, -0.2) is 22.9 Å². The minimum atomic E-state index is -0.675. The average molecular weight is 285 g/mol. The zero-order valence-corrected chi connectivity index (χ0v) is 12.4. The van der Waals surface area contributed by atoms with Crippen molar-refractivity contribution in [3.8, 4) is 11.1 Å². The fourth-order valence-corrected chi connectivity index (χ4v) is 2.49. The number of hydrogen-bond donors (Lipinski definition) is 2. The van der Waals surface area contributed by atoms with Gasteiger partial charge in [-0.3, -0.25) is 9.79 Å². The third-order valence-corrected chi connectivity index (χ3v) is 3.36. The number of amides is 1. The van der Waals surface area contributed by atoms with Crippen LogP contribution in [0.2, 0.25) is 0 Å². The lowest BCUT2D eigenvalue weighted by Crippen LogP contribution is -2.28. The number of nitrogens with zero attached hydrogens (tertiary/aromatic N) is 2. The summed E-state index contributed by atoms with van der Waals surface area (Å²) in [6.45, 7) is 3.87. The lowest BCUT2D eigenvalue weighted by Gasteiger charge is -2.17. The van der Waals surface area contributed by atoms with Gasteiger partial charge < -0.3 is 10.9 Å². The number of carbonyl (C=O) groups is 1. The predicted molar refractivity (Wildman–Crippen MR) is 81.1 cm³/mol. The van der Waals surface area contributed by atoms with Gasteiger partial charge in [0.05, 0.1) is 11.6 Å². The maximum Gasteiger partial charge on any atom is 0.269 e. The number of nitrogens with two attached hydrogens (primary N) is 1. The Hall–Kier alpha value is -2.56. The third kappa shape index (κ3) is 2.67. The molecule has 0 bridgehead atoms. The molecule has 2 aromatic rings. The van der Waals surface area contributed by atoms with Crippen molar-refractivity contribution in [2.24, 2.45) is 10.7 Å². The van der Waals surface area contributed by atoms with E-state index in [0.29, 0.717) is 10.9 Å². The van der Waals surface area contributed by atoms with E-state index in [1.54, 1.807) is 7.05 Å². The Morgan fingerprint density at radius 2 is 1.90 bits per heavy atom. The summed E-state index contributed by atoms with van der Waals surface area (Å²) in [6, 6.07) is 9.59. The van der Waals surface area contributed by atoms with Crippen molar-refractivity contribution < 1.29 is 10.0 Å². The fourth-order valence-electron chi connectivity index (χ4n) is 2.49. The van der Waals surface area contributed by atoms with Crippen molar-refractivity contribution in [2.45, 2.75) is 19.8 Å². The Morgan fingerprint density at radius 3 is 2.38 bits per heavy atom. The van der Waals surface area contributed by atoms with Crippen LogP contribution in [0, 0.1) is 0 Å². The van der Waals surface area contributed by atoms with Gasteiger partial charge in [-0.1, -0.05) is 44.2 Å². The summed E-state index contributed by atoms with van der Waals surface area (Å²) in [5, 5.41) is 10.8. The second kappa shape index (κ2) is 5.83. The number of pyridine rings is 1. The van der Waals surface area contributed by atoms with Crippen molar-refractivity contribution in [1.29, 1.82) is 0 Å². The highest BCUT2D eigenvalue weighted by molar-refractivity contribution is 5.93. The van der Waals surface area contributed by atoms with Crippen LogP contribution in [-0.2, 0) is 0 Å². The number of aromatic nitrogens is 1. The zero-order valence-electron chi connectivity index (χ0n) is 12.4. The van der Waals surface area contributed by atoms with E-state index in [2.05, 4.69) is 4.99 Å². The van der Waals surface area contributed by atoms with Gasteiger partial charge in [0.2, 0.25) is 0 Å². The number of carbonyl (C=O) groups excluding carboxylic acids is 1. The van der Waals surface area contributed by atoms with Gasteiger partial charge in [-0.15, -0.1) is 0 Å². The SMILES string of the molecule is CN=c1c(-c2ccccc2)cn(O)c(C(N)=O)c1C(C)C. The molecule has 0 atom stereocenters. The van der Waals surface area contributed by atoms with Gasteiger partial charge in [0, 0.05) is 18.2 Å². The van der Waals surface area contributed by atoms with E-state index >= 15 is 0 Å². The van der Waals surface area contributed by atoms with Crippen LogP contribution >= 0.6 is 0 Å². The van der Waals surface area contributed by atoms with Gasteiger partial charge in [-0.2, -0.15) is 4.73 Å². The third-order valence-electron chi connectivity index (χ3n) is 3.36. The van der Waals surface area contributed by atoms with E-state index < -0.39 is 5.91 Å². The molecule has 0 aliphatic rings. The molecule has 0 spiro atoms. The van der Waals surface area contributed by atoms with Crippen molar-refractivity contribution in [2.75, 3.05) is 7.05 Å². The van der Waals surface area contributed by atoms with Crippen molar-refractivity contribution in [3.63, 3.8) is 0 Å². The maximum atomic E-state index is 11.7. The van der Waals surface area contributed by atoms with Crippen LogP contribution in [0.5, 0.6) is 0 Å². The molecular weight excluding hydrogens is 266 g/mol. The highest BCUT2D eigenvalue weighted by Gasteiger charge is 2.20. The van der Waals surface area contributed by atoms with E-state index in [4.69, 9.17) is 5.73 Å². The molecule has 0 saturated heterocycles. The summed E-state index contributed by atoms with van der Waals surface area (Å²) in [5.41, 5.74) is 7.80. The van der Waals surface area contributed by atoms with Crippen LogP contribution in [0.4, 0.5) is 0 Å². The topological polar surface area (TPSA) is 80.6 Å². The molecule has 1 aromatic heterocycles. The predicted octanol–water partition coefficient (Wildman–Crippen LogP) is 2.15. The quantitative estimate of drug-likeness (QED) is 0.847. The molecule has 0 radical (unpaired) electrons. The first-order valence-electron chi connectivity index (χ1n) is 6.74. The van der Waals surface area contributed by atoms with Crippen LogP contribution in [0.15, 0.2) is 41.5 Å². The van der Waals surface area contributed by atoms with E-state index in [1.165, 1.54) is 6.20 Å². The van der Waals surface area contributed by atoms with E-state index in [9.17, 15) is 10.0 Å². The van der Waals surface area contributed by atoms with E-state index in [0.717, 1.165) is 15.9 Å². The van der Waals surface area contributed by atoms with Gasteiger partial charge in [-0.25, -0.2) is 0 Å². The van der Waals surface area contributed by atoms with Crippen molar-refractivity contribution >= 4 is 5.91 Å². The molecule has 1 amide bonds. The smallest absolute Gasteiger partial charge is 0.269 e. The summed E-state index contributed by atoms with van der Waals surface area (Å²) in [7, 11) is 1.67. The Bertz CT molecular complexity index is 731. The highest BCUT2D eigenvalue weighted by Crippen LogP contribution is 2.21. The first-order valence-corrected chi connectivity index (χ1v) is 6.74. The molecule has 0 saturated carbocycles. The number of primary amides is 1. The van der Waals surface area contributed by atoms with E-state index in [-0.39, 0.29) is 11.6 Å². The Kier molecular flexibility index (Phi) is 4.12. The van der Waals surface area contributed by atoms with Crippen LogP contribution in [0.1, 0.15) is 35.8 Å².